The van der Waals surface area contributed by atoms with Gasteiger partial charge in [-0.05, 0) is 71.2 Å². The average molecular weight is 472 g/mol. The Morgan fingerprint density at radius 2 is 2.00 bits per heavy atom. The van der Waals surface area contributed by atoms with Crippen LogP contribution in [0, 0.1) is 3.57 Å². The Morgan fingerprint density at radius 1 is 1.20 bits per heavy atom. The lowest BCUT2D eigenvalue weighted by atomic mass is 10.1. The van der Waals surface area contributed by atoms with Crippen LogP contribution in [0.5, 0.6) is 0 Å². The van der Waals surface area contributed by atoms with Crippen molar-refractivity contribution in [3.05, 3.63) is 57.4 Å². The molecule has 25 heavy (non-hydrogen) atoms. The third kappa shape index (κ3) is 5.67. The van der Waals surface area contributed by atoms with Crippen molar-refractivity contribution in [1.82, 2.24) is 4.98 Å². The van der Waals surface area contributed by atoms with Gasteiger partial charge in [-0.25, -0.2) is 8.42 Å². The largest absolute Gasteiger partial charge is 0.268 e. The van der Waals surface area contributed by atoms with Crippen LogP contribution >= 0.6 is 22.6 Å². The van der Waals surface area contributed by atoms with Gasteiger partial charge in [-0.2, -0.15) is 0 Å². The maximum atomic E-state index is 12.8. The highest BCUT2D eigenvalue weighted by atomic mass is 127. The van der Waals surface area contributed by atoms with Crippen molar-refractivity contribution in [2.45, 2.75) is 39.5 Å². The van der Waals surface area contributed by atoms with Crippen LogP contribution in [0.25, 0.3) is 0 Å². The topological polar surface area (TPSA) is 50.3 Å². The summed E-state index contributed by atoms with van der Waals surface area (Å²) < 4.78 is 28.3. The van der Waals surface area contributed by atoms with E-state index in [4.69, 9.17) is 0 Å². The molecule has 4 nitrogen and oxygen atoms in total. The van der Waals surface area contributed by atoms with Crippen LogP contribution in [0.3, 0.4) is 0 Å². The van der Waals surface area contributed by atoms with E-state index >= 15 is 0 Å². The fourth-order valence-corrected chi connectivity index (χ4v) is 5.12. The minimum Gasteiger partial charge on any atom is -0.268 e. The first-order chi connectivity index (χ1) is 12.0. The fourth-order valence-electron chi connectivity index (χ4n) is 2.60. The maximum absolute atomic E-state index is 12.8. The highest BCUT2D eigenvalue weighted by Gasteiger charge is 2.22. The number of anilines is 1. The molecule has 0 aliphatic rings. The zero-order valence-corrected chi connectivity index (χ0v) is 17.8. The molecule has 0 amide bonds. The van der Waals surface area contributed by atoms with Gasteiger partial charge >= 0.3 is 0 Å². The molecule has 0 atom stereocenters. The monoisotopic (exact) mass is 472 g/mol. The van der Waals surface area contributed by atoms with Gasteiger partial charge in [0.1, 0.15) is 0 Å². The molecule has 0 bridgehead atoms. The van der Waals surface area contributed by atoms with E-state index in [9.17, 15) is 8.42 Å². The van der Waals surface area contributed by atoms with Gasteiger partial charge in [-0.15, -0.1) is 0 Å². The van der Waals surface area contributed by atoms with E-state index in [0.29, 0.717) is 25.1 Å². The Bertz CT molecular complexity index is 779. The molecule has 0 saturated carbocycles. The number of benzene rings is 1. The molecular weight excluding hydrogens is 447 g/mol. The predicted octanol–water partition coefficient (Wildman–Crippen LogP) is 4.43. The molecule has 0 fully saturated rings. The first-order valence-corrected chi connectivity index (χ1v) is 11.3. The maximum Gasteiger partial charge on any atom is 0.235 e. The summed E-state index contributed by atoms with van der Waals surface area (Å²) in [7, 11) is -3.34. The lowest BCUT2D eigenvalue weighted by Gasteiger charge is -2.24. The van der Waals surface area contributed by atoms with Crippen LogP contribution < -0.4 is 4.31 Å². The van der Waals surface area contributed by atoms with Gasteiger partial charge in [0.2, 0.25) is 10.0 Å². The summed E-state index contributed by atoms with van der Waals surface area (Å²) in [4.78, 5) is 4.09. The molecule has 2 aromatic rings. The van der Waals surface area contributed by atoms with Crippen LogP contribution in [-0.4, -0.2) is 25.7 Å². The van der Waals surface area contributed by atoms with E-state index in [1.165, 1.54) is 19.0 Å². The van der Waals surface area contributed by atoms with Crippen molar-refractivity contribution in [1.29, 1.82) is 0 Å². The predicted molar refractivity (Wildman–Crippen MR) is 113 cm³/mol. The Kier molecular flexibility index (Phi) is 7.68. The zero-order valence-electron chi connectivity index (χ0n) is 14.8. The van der Waals surface area contributed by atoms with Crippen LogP contribution in [0.15, 0.2) is 42.7 Å². The molecule has 0 spiro atoms. The van der Waals surface area contributed by atoms with Crippen LogP contribution in [-0.2, 0) is 22.9 Å². The summed E-state index contributed by atoms with van der Waals surface area (Å²) in [6.45, 7) is 4.57. The van der Waals surface area contributed by atoms with Crippen LogP contribution in [0.2, 0.25) is 0 Å². The first-order valence-electron chi connectivity index (χ1n) is 8.65. The average Bonchev–Trinajstić information content (AvgIpc) is 2.62. The Hall–Kier alpha value is -1.15. The van der Waals surface area contributed by atoms with Crippen LogP contribution in [0.4, 0.5) is 5.69 Å². The summed E-state index contributed by atoms with van der Waals surface area (Å²) in [5, 5.41) is 0. The van der Waals surface area contributed by atoms with Gasteiger partial charge < -0.3 is 0 Å². The van der Waals surface area contributed by atoms with Gasteiger partial charge in [0.05, 0.1) is 17.6 Å². The second-order valence-corrected chi connectivity index (χ2v) is 9.16. The molecule has 1 heterocycles. The second kappa shape index (κ2) is 9.52. The normalized spacial score (nSPS) is 11.5. The quantitative estimate of drug-likeness (QED) is 0.508. The number of unbranched alkanes of at least 4 members (excludes halogenated alkanes) is 1. The highest BCUT2D eigenvalue weighted by Crippen LogP contribution is 2.21. The molecule has 2 rings (SSSR count). The Balaban J connectivity index is 2.22. The van der Waals surface area contributed by atoms with Crippen molar-refractivity contribution in [3.63, 3.8) is 0 Å². The molecule has 6 heteroatoms. The number of aromatic nitrogens is 1. The molecule has 0 aliphatic carbocycles. The number of rotatable bonds is 9. The van der Waals surface area contributed by atoms with Gasteiger partial charge in [0, 0.05) is 16.3 Å². The van der Waals surface area contributed by atoms with E-state index in [1.54, 1.807) is 18.5 Å². The minimum atomic E-state index is -3.34. The highest BCUT2D eigenvalue weighted by molar-refractivity contribution is 14.1. The van der Waals surface area contributed by atoms with E-state index in [0.717, 1.165) is 12.8 Å². The minimum absolute atomic E-state index is 0.171. The number of aryl methyl sites for hydroxylation is 1. The number of pyridine rings is 1. The number of hydrogen-bond donors (Lipinski definition) is 0. The van der Waals surface area contributed by atoms with Crippen LogP contribution in [0.1, 0.15) is 37.8 Å². The molecule has 1 aromatic carbocycles. The molecule has 1 aromatic heterocycles. The lowest BCUT2D eigenvalue weighted by Crippen LogP contribution is -2.35. The standard InChI is InChI=1S/C19H25IN2O2S/c1-3-5-13-25(23,24)22(18-7-6-11-21-15-18)12-10-17-9-8-16(4-2)14-19(17)20/h6-9,11,14-15H,3-5,10,12-13H2,1-2H3. The lowest BCUT2D eigenvalue weighted by molar-refractivity contribution is 0.587. The van der Waals surface area contributed by atoms with Crippen molar-refractivity contribution in [2.75, 3.05) is 16.6 Å². The third-order valence-electron chi connectivity index (χ3n) is 4.14. The van der Waals surface area contributed by atoms with Gasteiger partial charge in [0.15, 0.2) is 0 Å². The summed E-state index contributed by atoms with van der Waals surface area (Å²) in [6, 6.07) is 9.99. The molecule has 0 N–H and O–H groups in total. The Labute approximate surface area is 164 Å². The molecule has 0 saturated heterocycles. The van der Waals surface area contributed by atoms with E-state index in [2.05, 4.69) is 52.7 Å². The number of hydrogen-bond acceptors (Lipinski definition) is 3. The molecule has 0 aliphatic heterocycles. The smallest absolute Gasteiger partial charge is 0.235 e. The molecule has 0 unspecified atom stereocenters. The van der Waals surface area contributed by atoms with Crippen molar-refractivity contribution in [3.8, 4) is 0 Å². The third-order valence-corrected chi connectivity index (χ3v) is 7.01. The molecular formula is C19H25IN2O2S. The van der Waals surface area contributed by atoms with E-state index in [1.807, 2.05) is 13.0 Å². The second-order valence-electron chi connectivity index (χ2n) is 5.98. The zero-order chi connectivity index (χ0) is 18.3. The molecule has 0 radical (unpaired) electrons. The number of nitrogens with zero attached hydrogens (tertiary/aromatic N) is 2. The van der Waals surface area contributed by atoms with Crippen molar-refractivity contribution in [2.24, 2.45) is 0 Å². The van der Waals surface area contributed by atoms with Gasteiger partial charge in [0.25, 0.3) is 0 Å². The van der Waals surface area contributed by atoms with Gasteiger partial charge in [-0.3, -0.25) is 9.29 Å². The van der Waals surface area contributed by atoms with Gasteiger partial charge in [-0.1, -0.05) is 32.4 Å². The van der Waals surface area contributed by atoms with Crippen molar-refractivity contribution >= 4 is 38.3 Å². The SMILES string of the molecule is CCCCS(=O)(=O)N(CCc1ccc(CC)cc1I)c1cccnc1. The summed E-state index contributed by atoms with van der Waals surface area (Å²) in [5.74, 6) is 0.171. The first kappa shape index (κ1) is 20.2. The number of halogens is 1. The number of sulfonamides is 1. The van der Waals surface area contributed by atoms with E-state index < -0.39 is 10.0 Å². The van der Waals surface area contributed by atoms with Crippen molar-refractivity contribution < 1.29 is 8.42 Å². The summed E-state index contributed by atoms with van der Waals surface area (Å²) in [6.07, 6.45) is 6.49. The Morgan fingerprint density at radius 3 is 2.60 bits per heavy atom. The van der Waals surface area contributed by atoms with E-state index in [-0.39, 0.29) is 5.75 Å². The summed E-state index contributed by atoms with van der Waals surface area (Å²) >= 11 is 2.33. The summed E-state index contributed by atoms with van der Waals surface area (Å²) in [5.41, 5.74) is 3.11. The fraction of sp³-hybridized carbons (Fsp3) is 0.421. The molecule has 136 valence electrons.